The Morgan fingerprint density at radius 3 is 2.72 bits per heavy atom. The molecule has 18 heavy (non-hydrogen) atoms. The van der Waals surface area contributed by atoms with E-state index in [2.05, 4.69) is 4.98 Å². The molecule has 4 atom stereocenters. The first-order chi connectivity index (χ1) is 8.81. The molecule has 9 nitrogen and oxygen atoms in total. The van der Waals surface area contributed by atoms with Gasteiger partial charge in [-0.2, -0.15) is 4.98 Å². The van der Waals surface area contributed by atoms with Gasteiger partial charge in [0.25, 0.3) is 0 Å². The van der Waals surface area contributed by atoms with Crippen molar-refractivity contribution in [2.45, 2.75) is 24.5 Å². The maximum atomic E-state index is 11.7. The van der Waals surface area contributed by atoms with Gasteiger partial charge in [-0.3, -0.25) is 4.57 Å². The molecule has 0 aromatic carbocycles. The molecule has 1 aliphatic rings. The smallest absolute Gasteiger partial charge is 0.351 e. The van der Waals surface area contributed by atoms with Gasteiger partial charge in [-0.1, -0.05) is 0 Å². The number of anilines is 2. The topological polar surface area (TPSA) is 157 Å². The molecule has 0 unspecified atom stereocenters. The molecule has 100 valence electrons. The Balaban J connectivity index is 2.52. The van der Waals surface area contributed by atoms with Gasteiger partial charge in [0.2, 0.25) is 0 Å². The van der Waals surface area contributed by atoms with Crippen LogP contribution in [0, 0.1) is 0 Å². The number of nitrogens with two attached hydrogens (primary N) is 2. The summed E-state index contributed by atoms with van der Waals surface area (Å²) in [6.45, 7) is -0.620. The summed E-state index contributed by atoms with van der Waals surface area (Å²) in [7, 11) is 0. The van der Waals surface area contributed by atoms with Crippen molar-refractivity contribution in [2.24, 2.45) is 0 Å². The first-order valence-electron chi connectivity index (χ1n) is 5.61. The number of aromatic nitrogens is 2. The fourth-order valence-electron chi connectivity index (χ4n) is 1.63. The Hall–Kier alpha value is -1.68. The number of aliphatic hydroxyl groups is 3. The van der Waals surface area contributed by atoms with E-state index in [0.717, 1.165) is 6.20 Å². The fourth-order valence-corrected chi connectivity index (χ4v) is 1.63. The van der Waals surface area contributed by atoms with Crippen molar-refractivity contribution in [1.29, 1.82) is 0 Å². The van der Waals surface area contributed by atoms with Crippen LogP contribution in [-0.4, -0.2) is 49.8 Å². The molecule has 0 aliphatic carbocycles. The van der Waals surface area contributed by atoms with E-state index in [-0.39, 0.29) is 11.5 Å². The molecule has 9 heteroatoms. The molecule has 2 heterocycles. The van der Waals surface area contributed by atoms with Gasteiger partial charge in [0, 0.05) is 6.20 Å². The Morgan fingerprint density at radius 1 is 1.50 bits per heavy atom. The normalized spacial score (nSPS) is 36.6. The average molecular weight is 259 g/mol. The summed E-state index contributed by atoms with van der Waals surface area (Å²) in [6, 6.07) is 0. The van der Waals surface area contributed by atoms with E-state index in [4.69, 9.17) is 22.7 Å². The molecule has 0 bridgehead atoms. The van der Waals surface area contributed by atoms with Crippen LogP contribution in [0.3, 0.4) is 0 Å². The summed E-state index contributed by atoms with van der Waals surface area (Å²) >= 11 is 0. The molecule has 0 radical (unpaired) electrons. The first kappa shape index (κ1) is 11.4. The van der Waals surface area contributed by atoms with Crippen LogP contribution in [0.25, 0.3) is 0 Å². The minimum Gasteiger partial charge on any atom is -0.395 e. The van der Waals surface area contributed by atoms with Crippen molar-refractivity contribution in [1.82, 2.24) is 9.55 Å². The number of hydrogen-bond acceptors (Lipinski definition) is 8. The van der Waals surface area contributed by atoms with Crippen molar-refractivity contribution in [2.75, 3.05) is 18.1 Å². The van der Waals surface area contributed by atoms with Crippen LogP contribution in [0.2, 0.25) is 0 Å². The highest BCUT2D eigenvalue weighted by atomic mass is 16.6. The summed E-state index contributed by atoms with van der Waals surface area (Å²) in [4.78, 5) is 15.1. The van der Waals surface area contributed by atoms with E-state index >= 15 is 0 Å². The molecular weight excluding hydrogens is 244 g/mol. The van der Waals surface area contributed by atoms with Crippen LogP contribution in [-0.2, 0) is 4.74 Å². The second-order valence-corrected chi connectivity index (χ2v) is 3.85. The molecule has 0 spiro atoms. The number of rotatable bonds is 2. The van der Waals surface area contributed by atoms with E-state index in [1.807, 2.05) is 0 Å². The van der Waals surface area contributed by atoms with Gasteiger partial charge < -0.3 is 31.5 Å². The van der Waals surface area contributed by atoms with Crippen LogP contribution in [0.15, 0.2) is 11.0 Å². The molecule has 1 aliphatic heterocycles. The Morgan fingerprint density at radius 2 is 2.17 bits per heavy atom. The zero-order valence-corrected chi connectivity index (χ0v) is 9.22. The van der Waals surface area contributed by atoms with Crippen LogP contribution in [0.1, 0.15) is 7.57 Å². The van der Waals surface area contributed by atoms with E-state index < -0.39 is 36.8 Å². The minimum atomic E-state index is -2.33. The van der Waals surface area contributed by atoms with Crippen LogP contribution < -0.4 is 17.2 Å². The van der Waals surface area contributed by atoms with E-state index in [9.17, 15) is 15.0 Å². The van der Waals surface area contributed by atoms with Crippen molar-refractivity contribution in [3.63, 3.8) is 0 Å². The summed E-state index contributed by atoms with van der Waals surface area (Å²) in [6.07, 6.45) is -5.81. The largest absolute Gasteiger partial charge is 0.395 e. The maximum Gasteiger partial charge on any atom is 0.351 e. The van der Waals surface area contributed by atoms with Gasteiger partial charge in [-0.05, 0) is 0 Å². The number of aliphatic hydroxyl groups excluding tert-OH is 3. The van der Waals surface area contributed by atoms with Gasteiger partial charge in [-0.25, -0.2) is 4.79 Å². The number of nitrogen functional groups attached to an aromatic ring is 2. The monoisotopic (exact) mass is 259 g/mol. The molecule has 0 amide bonds. The van der Waals surface area contributed by atoms with Gasteiger partial charge >= 0.3 is 5.69 Å². The van der Waals surface area contributed by atoms with Gasteiger partial charge in [0.1, 0.15) is 18.3 Å². The summed E-state index contributed by atoms with van der Waals surface area (Å²) in [5.74, 6) is -0.211. The predicted molar refractivity (Wildman–Crippen MR) is 60.3 cm³/mol. The fraction of sp³-hybridized carbons (Fsp3) is 0.556. The third-order valence-electron chi connectivity index (χ3n) is 2.63. The van der Waals surface area contributed by atoms with E-state index in [1.54, 1.807) is 0 Å². The predicted octanol–water partition coefficient (Wildman–Crippen LogP) is -2.98. The maximum absolute atomic E-state index is 11.7. The summed E-state index contributed by atoms with van der Waals surface area (Å²) in [5.41, 5.74) is 9.78. The lowest BCUT2D eigenvalue weighted by Crippen LogP contribution is -2.36. The van der Waals surface area contributed by atoms with Crippen molar-refractivity contribution in [3.8, 4) is 0 Å². The molecule has 1 aromatic rings. The minimum absolute atomic E-state index is 0.0797. The van der Waals surface area contributed by atoms with Crippen molar-refractivity contribution >= 4 is 11.5 Å². The molecule has 7 N–H and O–H groups in total. The Kier molecular flexibility index (Phi) is 2.88. The Labute approximate surface area is 103 Å². The quantitative estimate of drug-likeness (QED) is 0.376. The van der Waals surface area contributed by atoms with Crippen molar-refractivity contribution in [3.05, 3.63) is 16.7 Å². The molecule has 1 saturated heterocycles. The highest BCUT2D eigenvalue weighted by Crippen LogP contribution is 2.28. The first-order valence-corrected chi connectivity index (χ1v) is 5.11. The molecule has 1 aromatic heterocycles. The van der Waals surface area contributed by atoms with Gasteiger partial charge in [0.05, 0.1) is 13.7 Å². The zero-order chi connectivity index (χ0) is 14.4. The highest BCUT2D eigenvalue weighted by Gasteiger charge is 2.43. The van der Waals surface area contributed by atoms with E-state index in [1.165, 1.54) is 0 Å². The summed E-state index contributed by atoms with van der Waals surface area (Å²) < 4.78 is 13.6. The van der Waals surface area contributed by atoms with Crippen LogP contribution >= 0.6 is 0 Å². The molecule has 1 fully saturated rings. The lowest BCUT2D eigenvalue weighted by atomic mass is 10.1. The zero-order valence-electron chi connectivity index (χ0n) is 10.2. The SMILES string of the molecule is [2H][C@@]1(n2cc(N)c(N)nc2=O)O[C@H](CO)[C@@H](O)[C@H]1O. The third kappa shape index (κ3) is 1.93. The van der Waals surface area contributed by atoms with Gasteiger partial charge in [0.15, 0.2) is 12.0 Å². The number of ether oxygens (including phenoxy) is 1. The lowest BCUT2D eigenvalue weighted by Gasteiger charge is -2.17. The Bertz CT molecular complexity index is 552. The van der Waals surface area contributed by atoms with E-state index in [0.29, 0.717) is 4.57 Å². The van der Waals surface area contributed by atoms with Crippen LogP contribution in [0.5, 0.6) is 0 Å². The average Bonchev–Trinajstić information content (AvgIpc) is 2.59. The lowest BCUT2D eigenvalue weighted by molar-refractivity contribution is -0.0548. The third-order valence-corrected chi connectivity index (χ3v) is 2.63. The molecule has 0 saturated carbocycles. The highest BCUT2D eigenvalue weighted by molar-refractivity contribution is 5.55. The second-order valence-electron chi connectivity index (χ2n) is 3.85. The molecule has 2 rings (SSSR count). The standard InChI is InChI=1S/C9H14N4O5/c10-3-1-13(9(17)12-7(3)11)8-6(16)5(15)4(2-14)18-8/h1,4-6,8,14-16H,2,10H2,(H2,11,12,17)/t4-,5-,6-,8-/m1/s1/i8D. The molecular formula is C9H14N4O5. The van der Waals surface area contributed by atoms with Crippen molar-refractivity contribution < 1.29 is 21.4 Å². The van der Waals surface area contributed by atoms with Gasteiger partial charge in [-0.15, -0.1) is 0 Å². The van der Waals surface area contributed by atoms with Crippen LogP contribution in [0.4, 0.5) is 11.5 Å². The number of nitrogens with zero attached hydrogens (tertiary/aromatic N) is 2. The second kappa shape index (κ2) is 4.53. The number of hydrogen-bond donors (Lipinski definition) is 5. The summed E-state index contributed by atoms with van der Waals surface area (Å²) in [5, 5.41) is 28.4.